The molecule has 2 N–H and O–H groups in total. The molecule has 0 aliphatic carbocycles. The van der Waals surface area contributed by atoms with E-state index >= 15 is 0 Å². The zero-order valence-electron chi connectivity index (χ0n) is 16.2. The van der Waals surface area contributed by atoms with Gasteiger partial charge in [0.25, 0.3) is 0 Å². The van der Waals surface area contributed by atoms with Gasteiger partial charge in [0.15, 0.2) is 0 Å². The number of aromatic nitrogens is 3. The Bertz CT molecular complexity index is 997. The molecule has 0 fully saturated rings. The zero-order valence-corrected chi connectivity index (χ0v) is 16.2. The number of hydrogen-bond donors (Lipinski definition) is 1. The topological polar surface area (TPSA) is 89.8 Å². The van der Waals surface area contributed by atoms with Gasteiger partial charge in [-0.1, -0.05) is 13.8 Å². The van der Waals surface area contributed by atoms with Crippen molar-refractivity contribution < 1.29 is 4.74 Å². The first-order valence-electron chi connectivity index (χ1n) is 9.03. The van der Waals surface area contributed by atoms with Gasteiger partial charge in [0, 0.05) is 29.7 Å². The molecule has 1 atom stereocenters. The van der Waals surface area contributed by atoms with Crippen LogP contribution >= 0.6 is 0 Å². The van der Waals surface area contributed by atoms with Crippen LogP contribution in [0.3, 0.4) is 0 Å². The Morgan fingerprint density at radius 3 is 2.78 bits per heavy atom. The predicted octanol–water partition coefficient (Wildman–Crippen LogP) is 3.65. The van der Waals surface area contributed by atoms with E-state index in [0.717, 1.165) is 28.7 Å². The summed E-state index contributed by atoms with van der Waals surface area (Å²) in [7, 11) is 1.94. The lowest BCUT2D eigenvalue weighted by molar-refractivity contribution is 0.206. The molecule has 0 saturated carbocycles. The molecular formula is C21H25N5O. The summed E-state index contributed by atoms with van der Waals surface area (Å²) >= 11 is 0. The Labute approximate surface area is 159 Å². The Kier molecular flexibility index (Phi) is 5.15. The predicted molar refractivity (Wildman–Crippen MR) is 106 cm³/mol. The number of ether oxygens (including phenoxy) is 1. The molecule has 0 bridgehead atoms. The summed E-state index contributed by atoms with van der Waals surface area (Å²) < 4.78 is 7.84. The molecule has 3 rings (SSSR count). The maximum Gasteiger partial charge on any atom is 0.143 e. The van der Waals surface area contributed by atoms with Crippen molar-refractivity contribution in [2.24, 2.45) is 18.7 Å². The number of nitriles is 1. The van der Waals surface area contributed by atoms with E-state index in [1.807, 2.05) is 42.9 Å². The summed E-state index contributed by atoms with van der Waals surface area (Å²) in [5.41, 5.74) is 8.85. The fraction of sp³-hybridized carbons (Fsp3) is 0.381. The van der Waals surface area contributed by atoms with E-state index in [-0.39, 0.29) is 0 Å². The molecule has 140 valence electrons. The van der Waals surface area contributed by atoms with Crippen molar-refractivity contribution in [3.05, 3.63) is 42.4 Å². The first-order chi connectivity index (χ1) is 12.8. The average Bonchev–Trinajstić information content (AvgIpc) is 3.00. The van der Waals surface area contributed by atoms with E-state index < -0.39 is 5.54 Å². The number of benzene rings is 1. The fourth-order valence-corrected chi connectivity index (χ4v) is 3.43. The van der Waals surface area contributed by atoms with Crippen molar-refractivity contribution in [1.29, 1.82) is 5.26 Å². The minimum atomic E-state index is -0.442. The molecule has 6 heteroatoms. The molecule has 27 heavy (non-hydrogen) atoms. The maximum absolute atomic E-state index is 9.58. The van der Waals surface area contributed by atoms with Crippen LogP contribution in [0, 0.1) is 17.2 Å². The molecule has 0 aliphatic heterocycles. The normalized spacial score (nSPS) is 13.5. The quantitative estimate of drug-likeness (QED) is 0.722. The lowest BCUT2D eigenvalue weighted by Gasteiger charge is -2.26. The lowest BCUT2D eigenvalue weighted by Crippen LogP contribution is -2.43. The molecule has 2 heterocycles. The Balaban J connectivity index is 1.90. The van der Waals surface area contributed by atoms with E-state index in [9.17, 15) is 5.26 Å². The Hall–Kier alpha value is -2.91. The SMILES string of the molecule is CC(C)C[C@](C)(N)COc1ccc(-c2ncnc3c2ccn3C)cc1C#N. The highest BCUT2D eigenvalue weighted by atomic mass is 16.5. The molecule has 0 unspecified atom stereocenters. The Morgan fingerprint density at radius 1 is 1.30 bits per heavy atom. The number of fused-ring (bicyclic) bond motifs is 1. The molecule has 2 aromatic heterocycles. The standard InChI is InChI=1S/C21H25N5O/c1-14(2)10-21(3,23)12-27-18-6-5-15(9-16(18)11-22)19-17-7-8-26(4)20(17)25-13-24-19/h5-9,13-14H,10,12,23H2,1-4H3/t21-/m0/s1. The third-order valence-corrected chi connectivity index (χ3v) is 4.47. The van der Waals surface area contributed by atoms with Gasteiger partial charge < -0.3 is 15.0 Å². The second-order valence-corrected chi connectivity index (χ2v) is 7.75. The molecule has 0 spiro atoms. The van der Waals surface area contributed by atoms with Gasteiger partial charge in [-0.25, -0.2) is 9.97 Å². The summed E-state index contributed by atoms with van der Waals surface area (Å²) in [5.74, 6) is 1.02. The third-order valence-electron chi connectivity index (χ3n) is 4.47. The molecule has 6 nitrogen and oxygen atoms in total. The van der Waals surface area contributed by atoms with E-state index in [2.05, 4.69) is 29.9 Å². The number of rotatable bonds is 6. The van der Waals surface area contributed by atoms with Gasteiger partial charge in [-0.15, -0.1) is 0 Å². The highest BCUT2D eigenvalue weighted by Crippen LogP contribution is 2.30. The van der Waals surface area contributed by atoms with Crippen LogP contribution in [0.4, 0.5) is 0 Å². The summed E-state index contributed by atoms with van der Waals surface area (Å²) in [6.07, 6.45) is 4.34. The van der Waals surface area contributed by atoms with Gasteiger partial charge in [0.2, 0.25) is 0 Å². The fourth-order valence-electron chi connectivity index (χ4n) is 3.43. The number of aryl methyl sites for hydroxylation is 1. The van der Waals surface area contributed by atoms with Crippen LogP contribution in [0.1, 0.15) is 32.8 Å². The van der Waals surface area contributed by atoms with Gasteiger partial charge in [-0.05, 0) is 43.5 Å². The molecule has 0 saturated heterocycles. The second kappa shape index (κ2) is 7.37. The summed E-state index contributed by atoms with van der Waals surface area (Å²) in [6.45, 7) is 6.59. The summed E-state index contributed by atoms with van der Waals surface area (Å²) in [5, 5.41) is 10.5. The van der Waals surface area contributed by atoms with Crippen molar-refractivity contribution in [2.75, 3.05) is 6.61 Å². The van der Waals surface area contributed by atoms with Crippen molar-refractivity contribution in [3.8, 4) is 23.1 Å². The molecule has 3 aromatic rings. The molecule has 0 amide bonds. The Morgan fingerprint density at radius 2 is 2.07 bits per heavy atom. The average molecular weight is 363 g/mol. The van der Waals surface area contributed by atoms with Gasteiger partial charge in [0.05, 0.1) is 11.3 Å². The van der Waals surface area contributed by atoms with E-state index in [4.69, 9.17) is 10.5 Å². The van der Waals surface area contributed by atoms with E-state index in [1.54, 1.807) is 12.4 Å². The second-order valence-electron chi connectivity index (χ2n) is 7.75. The van der Waals surface area contributed by atoms with Gasteiger partial charge in [-0.2, -0.15) is 5.26 Å². The first-order valence-corrected chi connectivity index (χ1v) is 9.03. The molecule has 0 aliphatic rings. The molecule has 1 aromatic carbocycles. The number of hydrogen-bond acceptors (Lipinski definition) is 5. The van der Waals surface area contributed by atoms with Crippen molar-refractivity contribution in [1.82, 2.24) is 14.5 Å². The number of nitrogens with two attached hydrogens (primary N) is 1. The molecule has 0 radical (unpaired) electrons. The minimum Gasteiger partial charge on any atom is -0.490 e. The maximum atomic E-state index is 9.58. The van der Waals surface area contributed by atoms with E-state index in [1.165, 1.54) is 0 Å². The summed E-state index contributed by atoms with van der Waals surface area (Å²) in [4.78, 5) is 8.73. The van der Waals surface area contributed by atoms with Crippen LogP contribution in [0.2, 0.25) is 0 Å². The van der Waals surface area contributed by atoms with Crippen LogP contribution < -0.4 is 10.5 Å². The van der Waals surface area contributed by atoms with Crippen LogP contribution in [-0.4, -0.2) is 26.7 Å². The van der Waals surface area contributed by atoms with Gasteiger partial charge in [0.1, 0.15) is 30.4 Å². The third kappa shape index (κ3) is 4.09. The number of nitrogens with zero attached hydrogens (tertiary/aromatic N) is 4. The van der Waals surface area contributed by atoms with Crippen LogP contribution in [-0.2, 0) is 7.05 Å². The van der Waals surface area contributed by atoms with Gasteiger partial charge in [-0.3, -0.25) is 0 Å². The highest BCUT2D eigenvalue weighted by molar-refractivity contribution is 5.91. The first kappa shape index (κ1) is 18.9. The smallest absolute Gasteiger partial charge is 0.143 e. The van der Waals surface area contributed by atoms with Crippen LogP contribution in [0.15, 0.2) is 36.8 Å². The zero-order chi connectivity index (χ0) is 19.6. The van der Waals surface area contributed by atoms with Crippen LogP contribution in [0.5, 0.6) is 5.75 Å². The lowest BCUT2D eigenvalue weighted by atomic mass is 9.93. The molecular weight excluding hydrogens is 338 g/mol. The van der Waals surface area contributed by atoms with Crippen molar-refractivity contribution >= 4 is 11.0 Å². The highest BCUT2D eigenvalue weighted by Gasteiger charge is 2.22. The summed E-state index contributed by atoms with van der Waals surface area (Å²) in [6, 6.07) is 9.74. The largest absolute Gasteiger partial charge is 0.490 e. The van der Waals surface area contributed by atoms with Gasteiger partial charge >= 0.3 is 0 Å². The van der Waals surface area contributed by atoms with Crippen LogP contribution in [0.25, 0.3) is 22.3 Å². The van der Waals surface area contributed by atoms with Crippen molar-refractivity contribution in [2.45, 2.75) is 32.7 Å². The monoisotopic (exact) mass is 363 g/mol. The van der Waals surface area contributed by atoms with E-state index in [0.29, 0.717) is 23.8 Å². The minimum absolute atomic E-state index is 0.357. The van der Waals surface area contributed by atoms with Crippen molar-refractivity contribution in [3.63, 3.8) is 0 Å².